The number of hydrogen-bond donors (Lipinski definition) is 3. The molecule has 0 bridgehead atoms. The molecule has 1 aliphatic rings. The van der Waals surface area contributed by atoms with Gasteiger partial charge in [0.05, 0.1) is 12.5 Å². The van der Waals surface area contributed by atoms with Crippen molar-refractivity contribution < 1.29 is 29.7 Å². The van der Waals surface area contributed by atoms with Crippen LogP contribution in [0.4, 0.5) is 4.79 Å². The summed E-state index contributed by atoms with van der Waals surface area (Å²) in [7, 11) is 0. The number of hydrogen-bond acceptors (Lipinski definition) is 4. The van der Waals surface area contributed by atoms with Crippen LogP contribution in [0.5, 0.6) is 0 Å². The van der Waals surface area contributed by atoms with Gasteiger partial charge in [0.1, 0.15) is 6.04 Å². The molecule has 2 amide bonds. The fourth-order valence-corrected chi connectivity index (χ4v) is 1.89. The highest BCUT2D eigenvalue weighted by Gasteiger charge is 2.34. The van der Waals surface area contributed by atoms with Gasteiger partial charge in [-0.25, -0.2) is 4.79 Å². The number of nitrogens with zero attached hydrogens (tertiary/aromatic N) is 2. The van der Waals surface area contributed by atoms with E-state index in [9.17, 15) is 19.5 Å². The number of aliphatic carboxylic acids is 1. The molecule has 102 valence electrons. The molecule has 8 nitrogen and oxygen atoms in total. The quantitative estimate of drug-likeness (QED) is 0.598. The number of carbonyl (C=O) groups is 3. The number of rotatable bonds is 4. The van der Waals surface area contributed by atoms with Gasteiger partial charge in [0.15, 0.2) is 0 Å². The number of β-amino-alcohol motifs (C(OH)–C–C–N with tert-alkyl or cyclic N) is 1. The third kappa shape index (κ3) is 3.33. The third-order valence-electron chi connectivity index (χ3n) is 2.83. The molecule has 1 saturated heterocycles. The molecule has 0 aromatic carbocycles. The zero-order valence-corrected chi connectivity index (χ0v) is 9.94. The van der Waals surface area contributed by atoms with Crippen molar-refractivity contribution in [2.75, 3.05) is 19.6 Å². The van der Waals surface area contributed by atoms with Crippen LogP contribution in [0, 0.1) is 0 Å². The molecule has 0 saturated carbocycles. The van der Waals surface area contributed by atoms with Gasteiger partial charge in [-0.05, 0) is 6.92 Å². The molecule has 0 aliphatic carbocycles. The molecule has 0 unspecified atom stereocenters. The molecule has 18 heavy (non-hydrogen) atoms. The maximum atomic E-state index is 11.8. The number of carboxylic acids is 1. The second-order valence-corrected chi connectivity index (χ2v) is 4.19. The van der Waals surface area contributed by atoms with E-state index < -0.39 is 36.5 Å². The predicted molar refractivity (Wildman–Crippen MR) is 59.0 cm³/mol. The monoisotopic (exact) mass is 260 g/mol. The van der Waals surface area contributed by atoms with E-state index in [1.165, 1.54) is 11.8 Å². The Balaban J connectivity index is 2.58. The largest absolute Gasteiger partial charge is 0.481 e. The molecule has 1 fully saturated rings. The number of piperazine rings is 1. The second-order valence-electron chi connectivity index (χ2n) is 4.19. The van der Waals surface area contributed by atoms with Crippen LogP contribution in [0.2, 0.25) is 0 Å². The van der Waals surface area contributed by atoms with Crippen LogP contribution in [-0.2, 0) is 9.59 Å². The summed E-state index contributed by atoms with van der Waals surface area (Å²) >= 11 is 0. The predicted octanol–water partition coefficient (Wildman–Crippen LogP) is -0.967. The molecule has 8 heteroatoms. The first-order valence-corrected chi connectivity index (χ1v) is 5.51. The van der Waals surface area contributed by atoms with Crippen molar-refractivity contribution >= 4 is 18.0 Å². The van der Waals surface area contributed by atoms with Crippen LogP contribution >= 0.6 is 0 Å². The van der Waals surface area contributed by atoms with E-state index >= 15 is 0 Å². The van der Waals surface area contributed by atoms with Crippen molar-refractivity contribution in [3.63, 3.8) is 0 Å². The molecule has 2 atom stereocenters. The van der Waals surface area contributed by atoms with Crippen LogP contribution in [0.15, 0.2) is 0 Å². The summed E-state index contributed by atoms with van der Waals surface area (Å²) < 4.78 is 0. The number of amides is 2. The zero-order valence-electron chi connectivity index (χ0n) is 9.94. The summed E-state index contributed by atoms with van der Waals surface area (Å²) in [6, 6.07) is -0.812. The SMILES string of the molecule is C[C@H]1C(=O)N(C[C@@H](O)CC(=O)O)CCN1C(=O)O. The third-order valence-corrected chi connectivity index (χ3v) is 2.83. The van der Waals surface area contributed by atoms with Gasteiger partial charge in [-0.2, -0.15) is 0 Å². The lowest BCUT2D eigenvalue weighted by atomic mass is 10.1. The van der Waals surface area contributed by atoms with Gasteiger partial charge in [0.2, 0.25) is 5.91 Å². The fourth-order valence-electron chi connectivity index (χ4n) is 1.89. The van der Waals surface area contributed by atoms with Crippen molar-refractivity contribution in [2.45, 2.75) is 25.5 Å². The van der Waals surface area contributed by atoms with E-state index in [0.29, 0.717) is 0 Å². The molecule has 0 aromatic rings. The maximum Gasteiger partial charge on any atom is 0.408 e. The Kier molecular flexibility index (Phi) is 4.49. The highest BCUT2D eigenvalue weighted by atomic mass is 16.4. The van der Waals surface area contributed by atoms with Crippen molar-refractivity contribution in [1.29, 1.82) is 0 Å². The van der Waals surface area contributed by atoms with Crippen molar-refractivity contribution in [1.82, 2.24) is 9.80 Å². The van der Waals surface area contributed by atoms with E-state index in [4.69, 9.17) is 10.2 Å². The minimum atomic E-state index is -1.17. The van der Waals surface area contributed by atoms with Crippen molar-refractivity contribution in [2.24, 2.45) is 0 Å². The first-order chi connectivity index (χ1) is 8.32. The fraction of sp³-hybridized carbons (Fsp3) is 0.700. The zero-order chi connectivity index (χ0) is 13.9. The van der Waals surface area contributed by atoms with Crippen LogP contribution in [0.25, 0.3) is 0 Å². The van der Waals surface area contributed by atoms with Gasteiger partial charge in [-0.1, -0.05) is 0 Å². The molecular weight excluding hydrogens is 244 g/mol. The lowest BCUT2D eigenvalue weighted by Gasteiger charge is -2.38. The van der Waals surface area contributed by atoms with E-state index in [1.807, 2.05) is 0 Å². The topological polar surface area (TPSA) is 118 Å². The first-order valence-electron chi connectivity index (χ1n) is 5.51. The molecule has 1 heterocycles. The Morgan fingerprint density at radius 1 is 1.39 bits per heavy atom. The van der Waals surface area contributed by atoms with Gasteiger partial charge in [-0.15, -0.1) is 0 Å². The number of aliphatic hydroxyl groups is 1. The smallest absolute Gasteiger partial charge is 0.408 e. The number of carbonyl (C=O) groups excluding carboxylic acids is 1. The lowest BCUT2D eigenvalue weighted by molar-refractivity contribution is -0.145. The summed E-state index contributed by atoms with van der Waals surface area (Å²) in [5.41, 5.74) is 0. The Morgan fingerprint density at radius 2 is 2.00 bits per heavy atom. The van der Waals surface area contributed by atoms with Gasteiger partial charge in [0.25, 0.3) is 0 Å². The Hall–Kier alpha value is -1.83. The number of carboxylic acid groups (broad SMARTS) is 2. The van der Waals surface area contributed by atoms with Gasteiger partial charge in [-0.3, -0.25) is 14.5 Å². The van der Waals surface area contributed by atoms with Crippen LogP contribution in [0.3, 0.4) is 0 Å². The highest BCUT2D eigenvalue weighted by molar-refractivity contribution is 5.86. The van der Waals surface area contributed by atoms with Gasteiger partial charge >= 0.3 is 12.1 Å². The molecule has 0 spiro atoms. The number of aliphatic hydroxyl groups excluding tert-OH is 1. The van der Waals surface area contributed by atoms with Crippen molar-refractivity contribution in [3.8, 4) is 0 Å². The summed E-state index contributed by atoms with van der Waals surface area (Å²) in [4.78, 5) is 35.3. The summed E-state index contributed by atoms with van der Waals surface area (Å²) in [5, 5.41) is 26.8. The standard InChI is InChI=1S/C10H16N2O6/c1-6-9(16)11(2-3-12(6)10(17)18)5-7(13)4-8(14)15/h6-7,13H,2-5H2,1H3,(H,14,15)(H,17,18)/t6-,7-/m0/s1. The molecule has 0 radical (unpaired) electrons. The van der Waals surface area contributed by atoms with Crippen LogP contribution in [0.1, 0.15) is 13.3 Å². The lowest BCUT2D eigenvalue weighted by Crippen LogP contribution is -2.58. The highest BCUT2D eigenvalue weighted by Crippen LogP contribution is 2.12. The average Bonchev–Trinajstić information content (AvgIpc) is 2.23. The molecule has 3 N–H and O–H groups in total. The Bertz CT molecular complexity index is 358. The second kappa shape index (κ2) is 5.67. The Morgan fingerprint density at radius 3 is 2.50 bits per heavy atom. The normalized spacial score (nSPS) is 21.9. The van der Waals surface area contributed by atoms with Crippen LogP contribution < -0.4 is 0 Å². The van der Waals surface area contributed by atoms with Crippen LogP contribution in [-0.4, -0.2) is 74.9 Å². The minimum Gasteiger partial charge on any atom is -0.481 e. The van der Waals surface area contributed by atoms with Gasteiger partial charge < -0.3 is 20.2 Å². The van der Waals surface area contributed by atoms with E-state index in [-0.39, 0.29) is 19.6 Å². The van der Waals surface area contributed by atoms with E-state index in [1.54, 1.807) is 0 Å². The van der Waals surface area contributed by atoms with Gasteiger partial charge in [0, 0.05) is 19.6 Å². The van der Waals surface area contributed by atoms with Crippen molar-refractivity contribution in [3.05, 3.63) is 0 Å². The average molecular weight is 260 g/mol. The maximum absolute atomic E-state index is 11.8. The summed E-state index contributed by atoms with van der Waals surface area (Å²) in [6.45, 7) is 1.68. The van der Waals surface area contributed by atoms with E-state index in [2.05, 4.69) is 0 Å². The molecule has 1 aliphatic heterocycles. The summed E-state index contributed by atoms with van der Waals surface area (Å²) in [5.74, 6) is -1.57. The Labute approximate surface area is 103 Å². The van der Waals surface area contributed by atoms with E-state index in [0.717, 1.165) is 4.90 Å². The molecular formula is C10H16N2O6. The first kappa shape index (κ1) is 14.2. The summed E-state index contributed by atoms with van der Waals surface area (Å²) in [6.07, 6.45) is -2.75. The molecule has 1 rings (SSSR count). The molecule has 0 aromatic heterocycles. The minimum absolute atomic E-state index is 0.0943.